The van der Waals surface area contributed by atoms with Gasteiger partial charge in [0, 0.05) is 7.05 Å². The fourth-order valence-corrected chi connectivity index (χ4v) is 3.35. The predicted molar refractivity (Wildman–Crippen MR) is 87.4 cm³/mol. The highest BCUT2D eigenvalue weighted by Crippen LogP contribution is 2.31. The Morgan fingerprint density at radius 2 is 1.83 bits per heavy atom. The smallest absolute Gasteiger partial charge is 0.335 e. The summed E-state index contributed by atoms with van der Waals surface area (Å²) >= 11 is 0. The second-order valence-corrected chi connectivity index (χ2v) is 6.90. The van der Waals surface area contributed by atoms with Crippen LogP contribution >= 0.6 is 0 Å². The van der Waals surface area contributed by atoms with E-state index in [0.717, 1.165) is 4.31 Å². The zero-order valence-electron chi connectivity index (χ0n) is 12.8. The Balaban J connectivity index is 2.40. The van der Waals surface area contributed by atoms with Crippen LogP contribution in [0.5, 0.6) is 5.75 Å². The first-order valence-corrected chi connectivity index (χ1v) is 8.38. The van der Waals surface area contributed by atoms with Crippen LogP contribution in [-0.2, 0) is 15.8 Å². The first kappa shape index (κ1) is 16.8. The molecule has 122 valence electrons. The van der Waals surface area contributed by atoms with Crippen LogP contribution in [0.25, 0.3) is 0 Å². The van der Waals surface area contributed by atoms with Crippen LogP contribution < -0.4 is 9.04 Å². The lowest BCUT2D eigenvalue weighted by molar-refractivity contribution is 0.0697. The summed E-state index contributed by atoms with van der Waals surface area (Å²) < 4.78 is 31.3. The zero-order valence-corrected chi connectivity index (χ0v) is 13.6. The van der Waals surface area contributed by atoms with E-state index in [1.54, 1.807) is 30.3 Å². The summed E-state index contributed by atoms with van der Waals surface area (Å²) in [4.78, 5) is 11.1. The number of methoxy groups -OCH3 is 1. The third-order valence-electron chi connectivity index (χ3n) is 3.37. The number of hydrogen-bond donors (Lipinski definition) is 1. The molecule has 0 saturated carbocycles. The van der Waals surface area contributed by atoms with E-state index in [-0.39, 0.29) is 22.8 Å². The monoisotopic (exact) mass is 335 g/mol. The molecule has 0 aliphatic rings. The van der Waals surface area contributed by atoms with Gasteiger partial charge in [-0.2, -0.15) is 0 Å². The Bertz CT molecular complexity index is 802. The molecule has 0 aliphatic heterocycles. The van der Waals surface area contributed by atoms with Crippen LogP contribution in [0.4, 0.5) is 5.69 Å². The minimum absolute atomic E-state index is 0.0115. The van der Waals surface area contributed by atoms with Crippen molar-refractivity contribution in [1.29, 1.82) is 0 Å². The normalized spacial score (nSPS) is 11.0. The molecule has 0 spiro atoms. The maximum absolute atomic E-state index is 12.6. The summed E-state index contributed by atoms with van der Waals surface area (Å²) in [6, 6.07) is 12.8. The molecule has 6 nitrogen and oxygen atoms in total. The number of hydrogen-bond acceptors (Lipinski definition) is 4. The molecule has 0 amide bonds. The number of aromatic carboxylic acids is 1. The van der Waals surface area contributed by atoms with E-state index >= 15 is 0 Å². The summed E-state index contributed by atoms with van der Waals surface area (Å²) in [5.74, 6) is -1.04. The molecule has 0 bridgehead atoms. The molecule has 2 aromatic rings. The van der Waals surface area contributed by atoms with Crippen molar-refractivity contribution in [3.63, 3.8) is 0 Å². The number of carbonyl (C=O) groups is 1. The van der Waals surface area contributed by atoms with Crippen molar-refractivity contribution >= 4 is 21.7 Å². The predicted octanol–water partition coefficient (Wildman–Crippen LogP) is 2.36. The van der Waals surface area contributed by atoms with E-state index < -0.39 is 16.0 Å². The number of rotatable bonds is 6. The minimum Gasteiger partial charge on any atom is -0.495 e. The first-order chi connectivity index (χ1) is 10.8. The van der Waals surface area contributed by atoms with Crippen molar-refractivity contribution < 1.29 is 23.1 Å². The fourth-order valence-electron chi connectivity index (χ4n) is 2.10. The highest BCUT2D eigenvalue weighted by molar-refractivity contribution is 7.92. The maximum Gasteiger partial charge on any atom is 0.335 e. The topological polar surface area (TPSA) is 83.9 Å². The molecule has 0 atom stereocenters. The van der Waals surface area contributed by atoms with Gasteiger partial charge in [0.15, 0.2) is 0 Å². The molecule has 0 aliphatic carbocycles. The molecule has 0 heterocycles. The van der Waals surface area contributed by atoms with E-state index in [4.69, 9.17) is 9.84 Å². The number of benzene rings is 2. The fraction of sp³-hybridized carbons (Fsp3) is 0.188. The highest BCUT2D eigenvalue weighted by Gasteiger charge is 2.23. The van der Waals surface area contributed by atoms with Gasteiger partial charge in [-0.25, -0.2) is 13.2 Å². The van der Waals surface area contributed by atoms with Gasteiger partial charge in [0.2, 0.25) is 10.0 Å². The van der Waals surface area contributed by atoms with E-state index in [2.05, 4.69) is 0 Å². The average molecular weight is 335 g/mol. The molecule has 1 N–H and O–H groups in total. The lowest BCUT2D eigenvalue weighted by Gasteiger charge is -2.22. The Hall–Kier alpha value is -2.54. The number of sulfonamides is 1. The third kappa shape index (κ3) is 3.81. The second-order valence-electron chi connectivity index (χ2n) is 4.90. The summed E-state index contributed by atoms with van der Waals surface area (Å²) in [6.45, 7) is 0. The third-order valence-corrected chi connectivity index (χ3v) is 5.10. The molecule has 0 saturated heterocycles. The van der Waals surface area contributed by atoms with Crippen LogP contribution in [0.3, 0.4) is 0 Å². The van der Waals surface area contributed by atoms with E-state index in [1.165, 1.54) is 32.4 Å². The summed E-state index contributed by atoms with van der Waals surface area (Å²) in [5, 5.41) is 9.08. The lowest BCUT2D eigenvalue weighted by atomic mass is 10.2. The molecule has 0 aromatic heterocycles. The van der Waals surface area contributed by atoms with Crippen LogP contribution in [-0.4, -0.2) is 33.7 Å². The largest absolute Gasteiger partial charge is 0.495 e. The number of ether oxygens (including phenoxy) is 1. The van der Waals surface area contributed by atoms with Crippen LogP contribution in [0.15, 0.2) is 48.5 Å². The molecule has 0 radical (unpaired) electrons. The number of carboxylic acid groups (broad SMARTS) is 1. The second kappa shape index (κ2) is 6.70. The Morgan fingerprint density at radius 3 is 2.39 bits per heavy atom. The van der Waals surface area contributed by atoms with Crippen molar-refractivity contribution in [3.8, 4) is 5.75 Å². The highest BCUT2D eigenvalue weighted by atomic mass is 32.2. The SMILES string of the molecule is COc1ccc(C(=O)O)cc1N(C)S(=O)(=O)Cc1ccccc1. The molecular weight excluding hydrogens is 318 g/mol. The van der Waals surface area contributed by atoms with Gasteiger partial charge in [0.25, 0.3) is 0 Å². The Kier molecular flexibility index (Phi) is 4.90. The van der Waals surface area contributed by atoms with Crippen LogP contribution in [0, 0.1) is 0 Å². The average Bonchev–Trinajstić information content (AvgIpc) is 2.54. The van der Waals surface area contributed by atoms with Gasteiger partial charge >= 0.3 is 5.97 Å². The van der Waals surface area contributed by atoms with Gasteiger partial charge in [-0.15, -0.1) is 0 Å². The van der Waals surface area contributed by atoms with Crippen LogP contribution in [0.1, 0.15) is 15.9 Å². The van der Waals surface area contributed by atoms with Crippen LogP contribution in [0.2, 0.25) is 0 Å². The molecule has 2 aromatic carbocycles. The van der Waals surface area contributed by atoms with Gasteiger partial charge in [0.1, 0.15) is 5.75 Å². The van der Waals surface area contributed by atoms with Gasteiger partial charge < -0.3 is 9.84 Å². The van der Waals surface area contributed by atoms with E-state index in [0.29, 0.717) is 5.56 Å². The van der Waals surface area contributed by atoms with Crippen molar-refractivity contribution in [3.05, 3.63) is 59.7 Å². The Morgan fingerprint density at radius 1 is 1.17 bits per heavy atom. The Labute approximate surface area is 135 Å². The molecular formula is C16H17NO5S. The maximum atomic E-state index is 12.6. The molecule has 7 heteroatoms. The standard InChI is InChI=1S/C16H17NO5S/c1-17(23(20,21)11-12-6-4-3-5-7-12)14-10-13(16(18)19)8-9-15(14)22-2/h3-10H,11H2,1-2H3,(H,18,19). The van der Waals surface area contributed by atoms with Crippen molar-refractivity contribution in [2.75, 3.05) is 18.5 Å². The quantitative estimate of drug-likeness (QED) is 0.876. The van der Waals surface area contributed by atoms with Gasteiger partial charge in [0.05, 0.1) is 24.1 Å². The lowest BCUT2D eigenvalue weighted by Crippen LogP contribution is -2.28. The number of anilines is 1. The summed E-state index contributed by atoms with van der Waals surface area (Å²) in [6.07, 6.45) is 0. The first-order valence-electron chi connectivity index (χ1n) is 6.77. The van der Waals surface area contributed by atoms with Crippen molar-refractivity contribution in [2.45, 2.75) is 5.75 Å². The number of nitrogens with zero attached hydrogens (tertiary/aromatic N) is 1. The molecule has 0 fully saturated rings. The zero-order chi connectivity index (χ0) is 17.0. The van der Waals surface area contributed by atoms with Crippen molar-refractivity contribution in [1.82, 2.24) is 0 Å². The molecule has 23 heavy (non-hydrogen) atoms. The summed E-state index contributed by atoms with van der Waals surface area (Å²) in [5.41, 5.74) is 0.818. The van der Waals surface area contributed by atoms with Crippen molar-refractivity contribution in [2.24, 2.45) is 0 Å². The van der Waals surface area contributed by atoms with Gasteiger partial charge in [-0.3, -0.25) is 4.31 Å². The summed E-state index contributed by atoms with van der Waals surface area (Å²) in [7, 11) is -0.905. The van der Waals surface area contributed by atoms with Gasteiger partial charge in [-0.05, 0) is 23.8 Å². The molecule has 0 unspecified atom stereocenters. The van der Waals surface area contributed by atoms with Gasteiger partial charge in [-0.1, -0.05) is 30.3 Å². The minimum atomic E-state index is -3.68. The van der Waals surface area contributed by atoms with E-state index in [1.807, 2.05) is 0 Å². The number of carboxylic acids is 1. The molecule has 2 rings (SSSR count). The van der Waals surface area contributed by atoms with E-state index in [9.17, 15) is 13.2 Å².